The van der Waals surface area contributed by atoms with Gasteiger partial charge in [-0.05, 0) is 53.3 Å². The van der Waals surface area contributed by atoms with E-state index in [1.807, 2.05) is 29.1 Å². The maximum absolute atomic E-state index is 4.36. The molecule has 1 aliphatic rings. The standard InChI is InChI=1S/C15H15NS2/c1-2-8-13-12(6-1)7-5-9-14(13)17-18-15-10-3-4-11-16-15/h1-4,6,8,10-11,14H,5,7,9H2. The highest BCUT2D eigenvalue weighted by atomic mass is 33.1. The minimum absolute atomic E-state index is 0.613. The number of hydrogen-bond acceptors (Lipinski definition) is 3. The molecular weight excluding hydrogens is 258 g/mol. The van der Waals surface area contributed by atoms with E-state index in [1.165, 1.54) is 30.4 Å². The molecule has 18 heavy (non-hydrogen) atoms. The maximum Gasteiger partial charge on any atom is 0.106 e. The van der Waals surface area contributed by atoms with Crippen molar-refractivity contribution in [2.45, 2.75) is 29.5 Å². The van der Waals surface area contributed by atoms with Gasteiger partial charge in [0.25, 0.3) is 0 Å². The average molecular weight is 273 g/mol. The summed E-state index contributed by atoms with van der Waals surface area (Å²) < 4.78 is 0. The van der Waals surface area contributed by atoms with E-state index < -0.39 is 0 Å². The molecule has 0 spiro atoms. The molecule has 0 aliphatic heterocycles. The first-order valence-corrected chi connectivity index (χ1v) is 8.47. The summed E-state index contributed by atoms with van der Waals surface area (Å²) in [5.74, 6) is 0. The summed E-state index contributed by atoms with van der Waals surface area (Å²) in [5, 5.41) is 1.72. The van der Waals surface area contributed by atoms with Gasteiger partial charge in [0.1, 0.15) is 5.03 Å². The van der Waals surface area contributed by atoms with Gasteiger partial charge in [-0.2, -0.15) is 0 Å². The molecule has 2 aromatic rings. The Hall–Kier alpha value is -0.930. The first-order valence-electron chi connectivity index (χ1n) is 6.25. The molecule has 0 radical (unpaired) electrons. The van der Waals surface area contributed by atoms with Crippen LogP contribution in [0.25, 0.3) is 0 Å². The van der Waals surface area contributed by atoms with Crippen LogP contribution in [-0.2, 0) is 6.42 Å². The van der Waals surface area contributed by atoms with Crippen molar-refractivity contribution in [2.75, 3.05) is 0 Å². The molecule has 1 aromatic carbocycles. The van der Waals surface area contributed by atoms with E-state index >= 15 is 0 Å². The fraction of sp³-hybridized carbons (Fsp3) is 0.267. The SMILES string of the molecule is c1ccc(SSC2CCCc3ccccc32)nc1. The number of aromatic nitrogens is 1. The molecule has 0 fully saturated rings. The van der Waals surface area contributed by atoms with Gasteiger partial charge < -0.3 is 0 Å². The Kier molecular flexibility index (Phi) is 3.91. The second-order valence-corrected chi connectivity index (χ2v) is 6.85. The monoisotopic (exact) mass is 273 g/mol. The quantitative estimate of drug-likeness (QED) is 0.738. The molecule has 0 saturated carbocycles. The molecule has 1 aliphatic carbocycles. The fourth-order valence-electron chi connectivity index (χ4n) is 2.31. The van der Waals surface area contributed by atoms with Crippen LogP contribution in [0.15, 0.2) is 53.7 Å². The lowest BCUT2D eigenvalue weighted by Crippen LogP contribution is -2.05. The van der Waals surface area contributed by atoms with Gasteiger partial charge in [-0.15, -0.1) is 0 Å². The highest BCUT2D eigenvalue weighted by molar-refractivity contribution is 8.76. The van der Waals surface area contributed by atoms with Crippen LogP contribution in [0.3, 0.4) is 0 Å². The second-order valence-electron chi connectivity index (χ2n) is 4.43. The number of benzene rings is 1. The molecule has 1 heterocycles. The number of rotatable bonds is 3. The van der Waals surface area contributed by atoms with Crippen LogP contribution in [0.2, 0.25) is 0 Å². The zero-order chi connectivity index (χ0) is 12.2. The van der Waals surface area contributed by atoms with Crippen LogP contribution in [0, 0.1) is 0 Å². The third kappa shape index (κ3) is 2.73. The summed E-state index contributed by atoms with van der Waals surface area (Å²) in [6.45, 7) is 0. The predicted molar refractivity (Wildman–Crippen MR) is 79.8 cm³/mol. The Morgan fingerprint density at radius 3 is 2.83 bits per heavy atom. The number of fused-ring (bicyclic) bond motifs is 1. The van der Waals surface area contributed by atoms with Gasteiger partial charge in [0.05, 0.1) is 0 Å². The molecule has 0 saturated heterocycles. The van der Waals surface area contributed by atoms with Gasteiger partial charge in [-0.3, -0.25) is 0 Å². The zero-order valence-electron chi connectivity index (χ0n) is 10.1. The van der Waals surface area contributed by atoms with Crippen LogP contribution < -0.4 is 0 Å². The molecule has 0 N–H and O–H groups in total. The van der Waals surface area contributed by atoms with E-state index in [-0.39, 0.29) is 0 Å². The largest absolute Gasteiger partial charge is 0.249 e. The highest BCUT2D eigenvalue weighted by Gasteiger charge is 2.20. The summed E-state index contributed by atoms with van der Waals surface area (Å²) >= 11 is 0. The highest BCUT2D eigenvalue weighted by Crippen LogP contribution is 2.47. The van der Waals surface area contributed by atoms with Crippen LogP contribution in [-0.4, -0.2) is 4.98 Å². The van der Waals surface area contributed by atoms with Crippen LogP contribution in [0.5, 0.6) is 0 Å². The van der Waals surface area contributed by atoms with Crippen molar-refractivity contribution in [3.8, 4) is 0 Å². The van der Waals surface area contributed by atoms with Crippen molar-refractivity contribution in [2.24, 2.45) is 0 Å². The number of aryl methyl sites for hydroxylation is 1. The molecular formula is C15H15NS2. The molecule has 0 bridgehead atoms. The van der Waals surface area contributed by atoms with Gasteiger partial charge in [0.2, 0.25) is 0 Å². The van der Waals surface area contributed by atoms with Crippen LogP contribution >= 0.6 is 21.6 Å². The zero-order valence-corrected chi connectivity index (χ0v) is 11.7. The number of pyridine rings is 1. The predicted octanol–water partition coefficient (Wildman–Crippen LogP) is 4.90. The van der Waals surface area contributed by atoms with Crippen molar-refractivity contribution < 1.29 is 0 Å². The molecule has 1 atom stereocenters. The Balaban J connectivity index is 1.71. The smallest absolute Gasteiger partial charge is 0.106 e. The van der Waals surface area contributed by atoms with Crippen LogP contribution in [0.1, 0.15) is 29.2 Å². The molecule has 1 unspecified atom stereocenters. The molecule has 92 valence electrons. The minimum atomic E-state index is 0.613. The summed E-state index contributed by atoms with van der Waals surface area (Å²) in [4.78, 5) is 4.36. The van der Waals surface area contributed by atoms with E-state index in [0.29, 0.717) is 5.25 Å². The van der Waals surface area contributed by atoms with Crippen molar-refractivity contribution in [1.29, 1.82) is 0 Å². The Labute approximate surface area is 116 Å². The topological polar surface area (TPSA) is 12.9 Å². The summed E-state index contributed by atoms with van der Waals surface area (Å²) in [7, 11) is 3.74. The van der Waals surface area contributed by atoms with E-state index in [2.05, 4.69) is 35.3 Å². The third-order valence-corrected chi connectivity index (χ3v) is 5.93. The Morgan fingerprint density at radius 1 is 1.06 bits per heavy atom. The van der Waals surface area contributed by atoms with Crippen molar-refractivity contribution in [3.63, 3.8) is 0 Å². The second kappa shape index (κ2) is 5.81. The fourth-order valence-corrected chi connectivity index (χ4v) is 4.90. The minimum Gasteiger partial charge on any atom is -0.249 e. The first kappa shape index (κ1) is 12.1. The first-order chi connectivity index (χ1) is 8.93. The normalized spacial score (nSPS) is 18.3. The van der Waals surface area contributed by atoms with Gasteiger partial charge in [0.15, 0.2) is 0 Å². The Morgan fingerprint density at radius 2 is 1.94 bits per heavy atom. The Bertz CT molecular complexity index is 513. The third-order valence-electron chi connectivity index (χ3n) is 3.20. The van der Waals surface area contributed by atoms with Gasteiger partial charge in [-0.1, -0.05) is 41.1 Å². The van der Waals surface area contributed by atoms with E-state index in [9.17, 15) is 0 Å². The molecule has 1 nitrogen and oxygen atoms in total. The van der Waals surface area contributed by atoms with E-state index in [4.69, 9.17) is 0 Å². The average Bonchev–Trinajstić information content (AvgIpc) is 2.46. The molecule has 3 heteroatoms. The van der Waals surface area contributed by atoms with Crippen LogP contribution in [0.4, 0.5) is 0 Å². The van der Waals surface area contributed by atoms with Crippen molar-refractivity contribution >= 4 is 21.6 Å². The lowest BCUT2D eigenvalue weighted by atomic mass is 9.91. The van der Waals surface area contributed by atoms with E-state index in [0.717, 1.165) is 5.03 Å². The summed E-state index contributed by atoms with van der Waals surface area (Å²) in [5.41, 5.74) is 3.06. The molecule has 0 amide bonds. The van der Waals surface area contributed by atoms with Gasteiger partial charge >= 0.3 is 0 Å². The van der Waals surface area contributed by atoms with Gasteiger partial charge in [0, 0.05) is 11.4 Å². The van der Waals surface area contributed by atoms with E-state index in [1.54, 1.807) is 10.8 Å². The summed E-state index contributed by atoms with van der Waals surface area (Å²) in [6, 6.07) is 14.9. The molecule has 3 rings (SSSR count). The lowest BCUT2D eigenvalue weighted by molar-refractivity contribution is 0.676. The van der Waals surface area contributed by atoms with Crippen molar-refractivity contribution in [1.82, 2.24) is 4.98 Å². The molecule has 1 aromatic heterocycles. The maximum atomic E-state index is 4.36. The van der Waals surface area contributed by atoms with Gasteiger partial charge in [-0.25, -0.2) is 4.98 Å². The number of nitrogens with zero attached hydrogens (tertiary/aromatic N) is 1. The van der Waals surface area contributed by atoms with Crippen molar-refractivity contribution in [3.05, 3.63) is 59.8 Å². The summed E-state index contributed by atoms with van der Waals surface area (Å²) in [6.07, 6.45) is 5.68. The number of hydrogen-bond donors (Lipinski definition) is 0. The lowest BCUT2D eigenvalue weighted by Gasteiger charge is -2.24.